The molecule has 0 saturated heterocycles. The molecular weight excluding hydrogens is 493 g/mol. The van der Waals surface area contributed by atoms with Gasteiger partial charge >= 0.3 is 0 Å². The van der Waals surface area contributed by atoms with Crippen LogP contribution in [0.1, 0.15) is 30.1 Å². The first-order chi connectivity index (χ1) is 17.8. The topological polar surface area (TPSA) is 85.4 Å². The molecule has 0 amide bonds. The van der Waals surface area contributed by atoms with Crippen LogP contribution in [0.15, 0.2) is 105 Å². The number of benzene rings is 3. The van der Waals surface area contributed by atoms with E-state index < -0.39 is 21.9 Å². The van der Waals surface area contributed by atoms with Crippen LogP contribution in [0.2, 0.25) is 0 Å². The molecule has 0 N–H and O–H groups in total. The number of aryl methyl sites for hydroxylation is 1. The van der Waals surface area contributed by atoms with E-state index in [9.17, 15) is 17.6 Å². The fraction of sp³-hybridized carbons (Fsp3) is 0.143. The van der Waals surface area contributed by atoms with E-state index in [0.717, 1.165) is 17.7 Å². The molecule has 0 fully saturated rings. The van der Waals surface area contributed by atoms with Gasteiger partial charge in [0.2, 0.25) is 10.0 Å². The predicted molar refractivity (Wildman–Crippen MR) is 138 cm³/mol. The van der Waals surface area contributed by atoms with Crippen molar-refractivity contribution in [2.45, 2.75) is 31.3 Å². The van der Waals surface area contributed by atoms with Gasteiger partial charge in [-0.25, -0.2) is 17.8 Å². The Balaban J connectivity index is 1.73. The van der Waals surface area contributed by atoms with E-state index in [1.54, 1.807) is 55.5 Å². The minimum Gasteiger partial charge on any atom is -0.468 e. The van der Waals surface area contributed by atoms with Crippen LogP contribution in [-0.2, 0) is 16.6 Å². The molecule has 0 aliphatic heterocycles. The molecule has 37 heavy (non-hydrogen) atoms. The molecule has 188 valence electrons. The standard InChI is InChI=1S/C28H24FN3O4S/c1-19-9-13-22(14-10-19)32-27(30-26-8-4-3-7-25(26)28(32)33)20(2)31(18-23-6-5-17-36-23)37(34,35)24-15-11-21(29)12-16-24/h3-17,20H,18H2,1-2H3. The first-order valence-corrected chi connectivity index (χ1v) is 13.1. The van der Waals surface area contributed by atoms with E-state index in [1.807, 2.05) is 19.1 Å². The molecule has 0 aliphatic carbocycles. The zero-order valence-corrected chi connectivity index (χ0v) is 21.0. The molecule has 2 aromatic heterocycles. The fourth-order valence-corrected chi connectivity index (χ4v) is 5.79. The second kappa shape index (κ2) is 9.76. The van der Waals surface area contributed by atoms with Gasteiger partial charge in [0.15, 0.2) is 0 Å². The maximum absolute atomic E-state index is 13.9. The number of fused-ring (bicyclic) bond motifs is 1. The van der Waals surface area contributed by atoms with E-state index in [4.69, 9.17) is 9.40 Å². The van der Waals surface area contributed by atoms with E-state index in [2.05, 4.69) is 0 Å². The average Bonchev–Trinajstić information content (AvgIpc) is 3.41. The molecule has 5 rings (SSSR count). The second-order valence-corrected chi connectivity index (χ2v) is 10.6. The third-order valence-electron chi connectivity index (χ3n) is 6.21. The monoisotopic (exact) mass is 517 g/mol. The number of sulfonamides is 1. The summed E-state index contributed by atoms with van der Waals surface area (Å²) in [6, 6.07) is 21.4. The number of para-hydroxylation sites is 1. The molecule has 7 nitrogen and oxygen atoms in total. The zero-order chi connectivity index (χ0) is 26.2. The molecule has 5 aromatic rings. The van der Waals surface area contributed by atoms with Crippen LogP contribution >= 0.6 is 0 Å². The van der Waals surface area contributed by atoms with Crippen molar-refractivity contribution in [2.75, 3.05) is 0 Å². The van der Waals surface area contributed by atoms with Crippen molar-refractivity contribution in [3.05, 3.63) is 125 Å². The Morgan fingerprint density at radius 2 is 1.68 bits per heavy atom. The third kappa shape index (κ3) is 4.71. The molecule has 0 saturated carbocycles. The van der Waals surface area contributed by atoms with Crippen LogP contribution in [0.25, 0.3) is 16.6 Å². The number of hydrogen-bond donors (Lipinski definition) is 0. The lowest BCUT2D eigenvalue weighted by Gasteiger charge is -2.29. The quantitative estimate of drug-likeness (QED) is 0.289. The molecule has 2 heterocycles. The first-order valence-electron chi connectivity index (χ1n) is 11.6. The van der Waals surface area contributed by atoms with Crippen molar-refractivity contribution in [1.82, 2.24) is 13.9 Å². The fourth-order valence-electron chi connectivity index (χ4n) is 4.23. The Morgan fingerprint density at radius 1 is 0.973 bits per heavy atom. The summed E-state index contributed by atoms with van der Waals surface area (Å²) in [6.45, 7) is 3.49. The lowest BCUT2D eigenvalue weighted by Crippen LogP contribution is -2.37. The van der Waals surface area contributed by atoms with Gasteiger partial charge in [0.25, 0.3) is 5.56 Å². The summed E-state index contributed by atoms with van der Waals surface area (Å²) < 4.78 is 49.5. The third-order valence-corrected chi connectivity index (χ3v) is 8.14. The summed E-state index contributed by atoms with van der Waals surface area (Å²) in [7, 11) is -4.16. The summed E-state index contributed by atoms with van der Waals surface area (Å²) in [5.41, 5.74) is 1.72. The number of furan rings is 1. The number of nitrogens with zero attached hydrogens (tertiary/aromatic N) is 3. The second-order valence-electron chi connectivity index (χ2n) is 8.72. The molecule has 1 atom stereocenters. The number of aromatic nitrogens is 2. The number of halogens is 1. The highest BCUT2D eigenvalue weighted by Crippen LogP contribution is 2.30. The van der Waals surface area contributed by atoms with Gasteiger partial charge in [-0.15, -0.1) is 0 Å². The van der Waals surface area contributed by atoms with Crippen LogP contribution in [0, 0.1) is 12.7 Å². The van der Waals surface area contributed by atoms with Crippen molar-refractivity contribution in [1.29, 1.82) is 0 Å². The summed E-state index contributed by atoms with van der Waals surface area (Å²) in [5, 5.41) is 0.415. The van der Waals surface area contributed by atoms with Crippen molar-refractivity contribution >= 4 is 20.9 Å². The van der Waals surface area contributed by atoms with Gasteiger partial charge in [0, 0.05) is 0 Å². The maximum Gasteiger partial charge on any atom is 0.266 e. The van der Waals surface area contributed by atoms with Gasteiger partial charge in [-0.3, -0.25) is 9.36 Å². The van der Waals surface area contributed by atoms with Crippen molar-refractivity contribution < 1.29 is 17.2 Å². The molecule has 9 heteroatoms. The summed E-state index contributed by atoms with van der Waals surface area (Å²) in [5.74, 6) is 0.0985. The maximum atomic E-state index is 13.9. The highest BCUT2D eigenvalue weighted by molar-refractivity contribution is 7.89. The molecule has 1 unspecified atom stereocenters. The summed E-state index contributed by atoms with van der Waals surface area (Å²) >= 11 is 0. The Kier molecular flexibility index (Phi) is 6.49. The van der Waals surface area contributed by atoms with Crippen LogP contribution in [-0.4, -0.2) is 22.3 Å². The lowest BCUT2D eigenvalue weighted by atomic mass is 10.2. The largest absolute Gasteiger partial charge is 0.468 e. The minimum absolute atomic E-state index is 0.0858. The van der Waals surface area contributed by atoms with Gasteiger partial charge in [0.05, 0.1) is 40.3 Å². The van der Waals surface area contributed by atoms with Crippen molar-refractivity contribution in [2.24, 2.45) is 0 Å². The number of rotatable bonds is 7. The molecule has 3 aromatic carbocycles. The Hall–Kier alpha value is -4.08. The molecular formula is C28H24FN3O4S. The van der Waals surface area contributed by atoms with E-state index in [1.165, 1.54) is 27.3 Å². The van der Waals surface area contributed by atoms with Gasteiger partial charge in [-0.1, -0.05) is 29.8 Å². The number of hydrogen-bond acceptors (Lipinski definition) is 5. The molecule has 0 spiro atoms. The SMILES string of the molecule is Cc1ccc(-n2c(C(C)N(Cc3ccco3)S(=O)(=O)c3ccc(F)cc3)nc3ccccc3c2=O)cc1. The van der Waals surface area contributed by atoms with Gasteiger partial charge in [-0.05, 0) is 74.5 Å². The van der Waals surface area contributed by atoms with Crippen molar-refractivity contribution in [3.63, 3.8) is 0 Å². The van der Waals surface area contributed by atoms with E-state index in [-0.39, 0.29) is 22.8 Å². The van der Waals surface area contributed by atoms with Gasteiger partial charge in [0.1, 0.15) is 17.4 Å². The first kappa shape index (κ1) is 24.6. The predicted octanol–water partition coefficient (Wildman–Crippen LogP) is 5.38. The molecule has 0 radical (unpaired) electrons. The normalized spacial score (nSPS) is 12.8. The van der Waals surface area contributed by atoms with E-state index in [0.29, 0.717) is 22.4 Å². The lowest BCUT2D eigenvalue weighted by molar-refractivity contribution is 0.295. The highest BCUT2D eigenvalue weighted by atomic mass is 32.2. The van der Waals surface area contributed by atoms with Gasteiger partial charge in [-0.2, -0.15) is 4.31 Å². The summed E-state index contributed by atoms with van der Waals surface area (Å²) in [6.07, 6.45) is 1.46. The highest BCUT2D eigenvalue weighted by Gasteiger charge is 2.34. The Bertz CT molecular complexity index is 1710. The Morgan fingerprint density at radius 3 is 2.35 bits per heavy atom. The summed E-state index contributed by atoms with van der Waals surface area (Å²) in [4.78, 5) is 18.4. The Labute approximate surface area is 213 Å². The average molecular weight is 518 g/mol. The van der Waals surface area contributed by atoms with Crippen molar-refractivity contribution in [3.8, 4) is 5.69 Å². The molecule has 0 aliphatic rings. The van der Waals surface area contributed by atoms with Crippen LogP contribution < -0.4 is 5.56 Å². The molecule has 0 bridgehead atoms. The van der Waals surface area contributed by atoms with Crippen LogP contribution in [0.3, 0.4) is 0 Å². The smallest absolute Gasteiger partial charge is 0.266 e. The minimum atomic E-state index is -4.16. The zero-order valence-electron chi connectivity index (χ0n) is 20.2. The van der Waals surface area contributed by atoms with Gasteiger partial charge < -0.3 is 4.42 Å². The van der Waals surface area contributed by atoms with E-state index >= 15 is 0 Å². The van der Waals surface area contributed by atoms with Crippen LogP contribution in [0.5, 0.6) is 0 Å². The van der Waals surface area contributed by atoms with Crippen LogP contribution in [0.4, 0.5) is 4.39 Å².